The van der Waals surface area contributed by atoms with Gasteiger partial charge in [-0.2, -0.15) is 10.1 Å². The molecule has 0 saturated heterocycles. The molecular formula is C14H13ClN4O. The first-order valence-corrected chi connectivity index (χ1v) is 6.79. The van der Waals surface area contributed by atoms with E-state index in [9.17, 15) is 0 Å². The van der Waals surface area contributed by atoms with Gasteiger partial charge in [-0.05, 0) is 18.6 Å². The van der Waals surface area contributed by atoms with Crippen molar-refractivity contribution in [2.45, 2.75) is 18.7 Å². The van der Waals surface area contributed by atoms with Crippen molar-refractivity contribution in [3.8, 4) is 17.1 Å². The molecule has 102 valence electrons. The van der Waals surface area contributed by atoms with Crippen LogP contribution in [0.2, 0.25) is 0 Å². The summed E-state index contributed by atoms with van der Waals surface area (Å²) in [6, 6.07) is 9.83. The van der Waals surface area contributed by atoms with E-state index in [2.05, 4.69) is 15.2 Å². The molecule has 5 nitrogen and oxygen atoms in total. The third-order valence-electron chi connectivity index (χ3n) is 2.93. The van der Waals surface area contributed by atoms with Crippen molar-refractivity contribution in [2.75, 3.05) is 0 Å². The van der Waals surface area contributed by atoms with Crippen molar-refractivity contribution in [3.05, 3.63) is 48.5 Å². The van der Waals surface area contributed by atoms with E-state index in [-0.39, 0.29) is 5.38 Å². The second-order valence-electron chi connectivity index (χ2n) is 4.34. The highest BCUT2D eigenvalue weighted by atomic mass is 35.5. The molecule has 3 rings (SSSR count). The fraction of sp³-hybridized carbons (Fsp3) is 0.214. The van der Waals surface area contributed by atoms with Gasteiger partial charge >= 0.3 is 0 Å². The van der Waals surface area contributed by atoms with Crippen LogP contribution in [-0.2, 0) is 0 Å². The van der Waals surface area contributed by atoms with Gasteiger partial charge in [0.15, 0.2) is 5.82 Å². The van der Waals surface area contributed by atoms with Gasteiger partial charge in [0.1, 0.15) is 0 Å². The Balaban J connectivity index is 1.89. The summed E-state index contributed by atoms with van der Waals surface area (Å²) in [6.07, 6.45) is 4.30. The second-order valence-corrected chi connectivity index (χ2v) is 4.87. The number of hydrogen-bond acceptors (Lipinski definition) is 4. The molecule has 2 heterocycles. The fourth-order valence-corrected chi connectivity index (χ4v) is 1.91. The summed E-state index contributed by atoms with van der Waals surface area (Å²) in [4.78, 5) is 4.30. The van der Waals surface area contributed by atoms with Gasteiger partial charge in [-0.1, -0.05) is 30.3 Å². The summed E-state index contributed by atoms with van der Waals surface area (Å²) < 4.78 is 6.99. The van der Waals surface area contributed by atoms with Crippen LogP contribution in [0.15, 0.2) is 47.2 Å². The number of halogens is 1. The normalized spacial score (nSPS) is 12.5. The lowest BCUT2D eigenvalue weighted by atomic mass is 10.3. The van der Waals surface area contributed by atoms with Gasteiger partial charge in [0, 0.05) is 6.20 Å². The molecule has 1 unspecified atom stereocenters. The van der Waals surface area contributed by atoms with Gasteiger partial charge in [0.25, 0.3) is 5.89 Å². The molecule has 6 heteroatoms. The largest absolute Gasteiger partial charge is 0.334 e. The van der Waals surface area contributed by atoms with E-state index in [1.807, 2.05) is 43.5 Å². The lowest BCUT2D eigenvalue weighted by Gasteiger charge is -1.98. The van der Waals surface area contributed by atoms with Crippen LogP contribution in [0.1, 0.15) is 24.5 Å². The standard InChI is InChI=1S/C14H13ClN4O/c1-2-12(15)13-17-14(20-18-13)10-8-16-19(9-10)11-6-4-3-5-7-11/h3-9,12H,2H2,1H3. The number of rotatable bonds is 4. The van der Waals surface area contributed by atoms with Gasteiger partial charge < -0.3 is 4.52 Å². The predicted molar refractivity (Wildman–Crippen MR) is 75.7 cm³/mol. The zero-order valence-electron chi connectivity index (χ0n) is 10.9. The summed E-state index contributed by atoms with van der Waals surface area (Å²) >= 11 is 6.09. The zero-order valence-corrected chi connectivity index (χ0v) is 11.7. The van der Waals surface area contributed by atoms with Crippen LogP contribution in [0.4, 0.5) is 0 Å². The van der Waals surface area contributed by atoms with Crippen LogP contribution < -0.4 is 0 Å². The highest BCUT2D eigenvalue weighted by Gasteiger charge is 2.16. The van der Waals surface area contributed by atoms with E-state index in [1.165, 1.54) is 0 Å². The first-order chi connectivity index (χ1) is 9.78. The summed E-state index contributed by atoms with van der Waals surface area (Å²) in [6.45, 7) is 1.97. The van der Waals surface area contributed by atoms with Crippen molar-refractivity contribution in [2.24, 2.45) is 0 Å². The molecule has 0 aliphatic heterocycles. The van der Waals surface area contributed by atoms with Gasteiger partial charge in [0.05, 0.1) is 22.8 Å². The molecule has 0 N–H and O–H groups in total. The summed E-state index contributed by atoms with van der Waals surface area (Å²) in [7, 11) is 0. The Kier molecular flexibility index (Phi) is 3.52. The van der Waals surface area contributed by atoms with Crippen LogP contribution in [-0.4, -0.2) is 19.9 Å². The minimum atomic E-state index is -0.225. The molecule has 1 aromatic carbocycles. The van der Waals surface area contributed by atoms with Crippen molar-refractivity contribution >= 4 is 11.6 Å². The van der Waals surface area contributed by atoms with Gasteiger partial charge in [0.2, 0.25) is 0 Å². The highest BCUT2D eigenvalue weighted by molar-refractivity contribution is 6.20. The minimum Gasteiger partial charge on any atom is -0.334 e. The number of alkyl halides is 1. The molecule has 0 radical (unpaired) electrons. The number of benzene rings is 1. The van der Waals surface area contributed by atoms with E-state index >= 15 is 0 Å². The van der Waals surface area contributed by atoms with Crippen molar-refractivity contribution in [1.82, 2.24) is 19.9 Å². The Hall–Kier alpha value is -2.14. The van der Waals surface area contributed by atoms with E-state index in [0.29, 0.717) is 11.7 Å². The topological polar surface area (TPSA) is 56.7 Å². The van der Waals surface area contributed by atoms with Gasteiger partial charge in [-0.15, -0.1) is 11.6 Å². The van der Waals surface area contributed by atoms with Gasteiger partial charge in [-0.25, -0.2) is 4.68 Å². The molecule has 0 amide bonds. The second kappa shape index (κ2) is 5.46. The summed E-state index contributed by atoms with van der Waals surface area (Å²) in [5.74, 6) is 0.943. The Morgan fingerprint density at radius 3 is 2.85 bits per heavy atom. The molecule has 3 aromatic rings. The van der Waals surface area contributed by atoms with Crippen LogP contribution in [0.3, 0.4) is 0 Å². The van der Waals surface area contributed by atoms with Crippen LogP contribution in [0, 0.1) is 0 Å². The van der Waals surface area contributed by atoms with Crippen LogP contribution in [0.5, 0.6) is 0 Å². The Morgan fingerprint density at radius 1 is 1.30 bits per heavy atom. The van der Waals surface area contributed by atoms with E-state index in [1.54, 1.807) is 10.9 Å². The first kappa shape index (κ1) is 12.9. The van der Waals surface area contributed by atoms with E-state index in [4.69, 9.17) is 16.1 Å². The molecule has 2 aromatic heterocycles. The maximum atomic E-state index is 6.09. The first-order valence-electron chi connectivity index (χ1n) is 6.36. The van der Waals surface area contributed by atoms with Crippen LogP contribution in [0.25, 0.3) is 17.1 Å². The zero-order chi connectivity index (χ0) is 13.9. The average molecular weight is 289 g/mol. The van der Waals surface area contributed by atoms with Gasteiger partial charge in [-0.3, -0.25) is 0 Å². The molecule has 0 spiro atoms. The molecule has 20 heavy (non-hydrogen) atoms. The number of nitrogens with zero attached hydrogens (tertiary/aromatic N) is 4. The molecular weight excluding hydrogens is 276 g/mol. The third kappa shape index (κ3) is 2.44. The highest BCUT2D eigenvalue weighted by Crippen LogP contribution is 2.24. The van der Waals surface area contributed by atoms with Crippen molar-refractivity contribution in [1.29, 1.82) is 0 Å². The Bertz CT molecular complexity index is 692. The third-order valence-corrected chi connectivity index (χ3v) is 3.43. The molecule has 0 aliphatic carbocycles. The average Bonchev–Trinajstić information content (AvgIpc) is 3.16. The molecule has 1 atom stereocenters. The Morgan fingerprint density at radius 2 is 2.10 bits per heavy atom. The van der Waals surface area contributed by atoms with Crippen molar-refractivity contribution in [3.63, 3.8) is 0 Å². The van der Waals surface area contributed by atoms with Crippen molar-refractivity contribution < 1.29 is 4.52 Å². The Labute approximate surface area is 121 Å². The van der Waals surface area contributed by atoms with E-state index in [0.717, 1.165) is 17.7 Å². The predicted octanol–water partition coefficient (Wildman–Crippen LogP) is 3.61. The monoisotopic (exact) mass is 288 g/mol. The lowest BCUT2D eigenvalue weighted by Crippen LogP contribution is -1.92. The molecule has 0 aliphatic rings. The summed E-state index contributed by atoms with van der Waals surface area (Å²) in [5.41, 5.74) is 1.75. The smallest absolute Gasteiger partial charge is 0.261 e. The number of para-hydroxylation sites is 1. The number of aromatic nitrogens is 4. The fourth-order valence-electron chi connectivity index (χ4n) is 1.82. The SMILES string of the molecule is CCC(Cl)c1noc(-c2cnn(-c3ccccc3)c2)n1. The molecule has 0 fully saturated rings. The maximum absolute atomic E-state index is 6.09. The molecule has 0 saturated carbocycles. The van der Waals surface area contributed by atoms with Crippen LogP contribution >= 0.6 is 11.6 Å². The lowest BCUT2D eigenvalue weighted by molar-refractivity contribution is 0.421. The minimum absolute atomic E-state index is 0.225. The molecule has 0 bridgehead atoms. The van der Waals surface area contributed by atoms with E-state index < -0.39 is 0 Å². The summed E-state index contributed by atoms with van der Waals surface area (Å²) in [5, 5.41) is 7.96. The maximum Gasteiger partial charge on any atom is 0.261 e. The quantitative estimate of drug-likeness (QED) is 0.688. The number of hydrogen-bond donors (Lipinski definition) is 0.